The highest BCUT2D eigenvalue weighted by molar-refractivity contribution is 6.33. The van der Waals surface area contributed by atoms with Crippen molar-refractivity contribution in [2.45, 2.75) is 26.3 Å². The summed E-state index contributed by atoms with van der Waals surface area (Å²) in [5.74, 6) is -0.174. The van der Waals surface area contributed by atoms with Gasteiger partial charge in [0, 0.05) is 24.3 Å². The topological polar surface area (TPSA) is 33.2 Å². The molecule has 0 unspecified atom stereocenters. The van der Waals surface area contributed by atoms with E-state index < -0.39 is 0 Å². The fraction of sp³-hybridized carbons (Fsp3) is 0.294. The number of halogens is 1. The molecule has 1 amide bonds. The van der Waals surface area contributed by atoms with Gasteiger partial charge in [0.15, 0.2) is 0 Å². The number of pyridine rings is 1. The van der Waals surface area contributed by atoms with E-state index in [4.69, 9.17) is 11.6 Å². The molecule has 0 aliphatic rings. The quantitative estimate of drug-likeness (QED) is 0.830. The maximum Gasteiger partial charge on any atom is 0.274 e. The zero-order valence-corrected chi connectivity index (χ0v) is 13.5. The Balaban J connectivity index is 2.35. The van der Waals surface area contributed by atoms with E-state index in [0.717, 1.165) is 11.1 Å². The second-order valence-corrected chi connectivity index (χ2v) is 6.36. The van der Waals surface area contributed by atoms with Crippen molar-refractivity contribution in [3.8, 4) is 11.1 Å². The van der Waals surface area contributed by atoms with Crippen LogP contribution < -0.4 is 0 Å². The molecular formula is C17H19ClN2O. The SMILES string of the molecule is CN(C(=O)c1ncc(-c2ccccc2)cc1Cl)C(C)(C)C. The van der Waals surface area contributed by atoms with Gasteiger partial charge in [-0.05, 0) is 32.4 Å². The summed E-state index contributed by atoms with van der Waals surface area (Å²) in [5.41, 5.74) is 1.93. The first-order valence-corrected chi connectivity index (χ1v) is 7.17. The maximum atomic E-state index is 12.4. The van der Waals surface area contributed by atoms with E-state index in [2.05, 4.69) is 4.98 Å². The van der Waals surface area contributed by atoms with E-state index in [-0.39, 0.29) is 17.1 Å². The lowest BCUT2D eigenvalue weighted by atomic mass is 10.1. The molecule has 0 aliphatic heterocycles. The van der Waals surface area contributed by atoms with Gasteiger partial charge in [-0.1, -0.05) is 41.9 Å². The van der Waals surface area contributed by atoms with E-state index in [0.29, 0.717) is 5.02 Å². The molecule has 110 valence electrons. The molecule has 4 heteroatoms. The average Bonchev–Trinajstić information content (AvgIpc) is 2.45. The molecule has 3 nitrogen and oxygen atoms in total. The number of carbonyl (C=O) groups excluding carboxylic acids is 1. The minimum atomic E-state index is -0.278. The molecule has 0 atom stereocenters. The largest absolute Gasteiger partial charge is 0.335 e. The Hall–Kier alpha value is -1.87. The third-order valence-corrected chi connectivity index (χ3v) is 3.75. The first-order valence-electron chi connectivity index (χ1n) is 6.80. The third kappa shape index (κ3) is 3.42. The molecule has 21 heavy (non-hydrogen) atoms. The first-order chi connectivity index (χ1) is 9.80. The van der Waals surface area contributed by atoms with Gasteiger partial charge in [0.25, 0.3) is 5.91 Å². The number of carbonyl (C=O) groups is 1. The summed E-state index contributed by atoms with van der Waals surface area (Å²) in [4.78, 5) is 18.3. The van der Waals surface area contributed by atoms with Gasteiger partial charge in [0.05, 0.1) is 5.02 Å². The number of rotatable bonds is 2. The Bertz CT molecular complexity index is 648. The highest BCUT2D eigenvalue weighted by Crippen LogP contribution is 2.25. The van der Waals surface area contributed by atoms with Crippen LogP contribution in [0.25, 0.3) is 11.1 Å². The second kappa shape index (κ2) is 5.86. The normalized spacial score (nSPS) is 11.3. The number of benzene rings is 1. The number of hydrogen-bond donors (Lipinski definition) is 0. The third-order valence-electron chi connectivity index (χ3n) is 3.46. The number of amides is 1. The van der Waals surface area contributed by atoms with Gasteiger partial charge >= 0.3 is 0 Å². The van der Waals surface area contributed by atoms with E-state index in [1.165, 1.54) is 0 Å². The van der Waals surface area contributed by atoms with Crippen LogP contribution in [-0.4, -0.2) is 28.4 Å². The van der Waals surface area contributed by atoms with Crippen molar-refractivity contribution in [1.29, 1.82) is 0 Å². The van der Waals surface area contributed by atoms with Gasteiger partial charge in [-0.15, -0.1) is 0 Å². The predicted octanol–water partition coefficient (Wildman–Crippen LogP) is 4.27. The molecule has 1 aromatic carbocycles. The van der Waals surface area contributed by atoms with Gasteiger partial charge in [0.1, 0.15) is 5.69 Å². The molecule has 0 radical (unpaired) electrons. The molecular weight excluding hydrogens is 284 g/mol. The molecule has 0 N–H and O–H groups in total. The van der Waals surface area contributed by atoms with Crippen LogP contribution in [0.5, 0.6) is 0 Å². The van der Waals surface area contributed by atoms with Gasteiger partial charge in [-0.25, -0.2) is 4.98 Å². The zero-order chi connectivity index (χ0) is 15.6. The number of aromatic nitrogens is 1. The first kappa shape index (κ1) is 15.5. The van der Waals surface area contributed by atoms with Crippen LogP contribution in [0.3, 0.4) is 0 Å². The predicted molar refractivity (Wildman–Crippen MR) is 86.5 cm³/mol. The Kier molecular flexibility index (Phi) is 4.33. The molecule has 0 fully saturated rings. The molecule has 2 rings (SSSR count). The van der Waals surface area contributed by atoms with Crippen molar-refractivity contribution in [1.82, 2.24) is 9.88 Å². The molecule has 0 aliphatic carbocycles. The average molecular weight is 303 g/mol. The van der Waals surface area contributed by atoms with Crippen molar-refractivity contribution in [2.75, 3.05) is 7.05 Å². The Labute approximate surface area is 130 Å². The second-order valence-electron chi connectivity index (χ2n) is 5.96. The summed E-state index contributed by atoms with van der Waals surface area (Å²) < 4.78 is 0. The molecule has 1 aromatic heterocycles. The summed E-state index contributed by atoms with van der Waals surface area (Å²) in [5, 5.41) is 0.373. The monoisotopic (exact) mass is 302 g/mol. The van der Waals surface area contributed by atoms with E-state index in [1.54, 1.807) is 24.2 Å². The lowest BCUT2D eigenvalue weighted by Gasteiger charge is -2.31. The van der Waals surface area contributed by atoms with Crippen molar-refractivity contribution < 1.29 is 4.79 Å². The molecule has 2 aromatic rings. The fourth-order valence-corrected chi connectivity index (χ4v) is 2.09. The fourth-order valence-electron chi connectivity index (χ4n) is 1.85. The van der Waals surface area contributed by atoms with E-state index in [9.17, 15) is 4.79 Å². The summed E-state index contributed by atoms with van der Waals surface area (Å²) in [6.45, 7) is 5.91. The smallest absolute Gasteiger partial charge is 0.274 e. The van der Waals surface area contributed by atoms with Crippen LogP contribution in [0.4, 0.5) is 0 Å². The minimum Gasteiger partial charge on any atom is -0.335 e. The summed E-state index contributed by atoms with van der Waals surface area (Å²) in [6.07, 6.45) is 1.69. The van der Waals surface area contributed by atoms with Gasteiger partial charge in [-0.3, -0.25) is 4.79 Å². The maximum absolute atomic E-state index is 12.4. The van der Waals surface area contributed by atoms with E-state index >= 15 is 0 Å². The Morgan fingerprint density at radius 1 is 1.14 bits per heavy atom. The number of hydrogen-bond acceptors (Lipinski definition) is 2. The number of nitrogens with zero attached hydrogens (tertiary/aromatic N) is 2. The lowest BCUT2D eigenvalue weighted by Crippen LogP contribution is -2.42. The molecule has 0 saturated heterocycles. The minimum absolute atomic E-state index is 0.174. The lowest BCUT2D eigenvalue weighted by molar-refractivity contribution is 0.0650. The molecule has 0 spiro atoms. The zero-order valence-electron chi connectivity index (χ0n) is 12.7. The highest BCUT2D eigenvalue weighted by Gasteiger charge is 2.26. The van der Waals surface area contributed by atoms with E-state index in [1.807, 2.05) is 51.1 Å². The van der Waals surface area contributed by atoms with Crippen LogP contribution in [0, 0.1) is 0 Å². The van der Waals surface area contributed by atoms with Crippen LogP contribution in [0.2, 0.25) is 5.02 Å². The Morgan fingerprint density at radius 2 is 1.76 bits per heavy atom. The van der Waals surface area contributed by atoms with Gasteiger partial charge in [-0.2, -0.15) is 0 Å². The van der Waals surface area contributed by atoms with Crippen molar-refractivity contribution in [3.63, 3.8) is 0 Å². The van der Waals surface area contributed by atoms with Gasteiger partial charge in [0.2, 0.25) is 0 Å². The van der Waals surface area contributed by atoms with Gasteiger partial charge < -0.3 is 4.90 Å². The molecule has 1 heterocycles. The van der Waals surface area contributed by atoms with Crippen molar-refractivity contribution in [2.24, 2.45) is 0 Å². The highest BCUT2D eigenvalue weighted by atomic mass is 35.5. The summed E-state index contributed by atoms with van der Waals surface area (Å²) >= 11 is 6.26. The standard InChI is InChI=1S/C17H19ClN2O/c1-17(2,3)20(4)16(21)15-14(18)10-13(11-19-15)12-8-6-5-7-9-12/h5-11H,1-4H3. The van der Waals surface area contributed by atoms with Crippen molar-refractivity contribution in [3.05, 3.63) is 53.3 Å². The van der Waals surface area contributed by atoms with Crippen LogP contribution in [0.1, 0.15) is 31.3 Å². The van der Waals surface area contributed by atoms with Crippen LogP contribution in [0.15, 0.2) is 42.6 Å². The molecule has 0 saturated carbocycles. The molecule has 0 bridgehead atoms. The van der Waals surface area contributed by atoms with Crippen molar-refractivity contribution >= 4 is 17.5 Å². The Morgan fingerprint density at radius 3 is 2.29 bits per heavy atom. The van der Waals surface area contributed by atoms with Crippen LogP contribution in [-0.2, 0) is 0 Å². The summed E-state index contributed by atoms with van der Waals surface area (Å²) in [7, 11) is 1.76. The van der Waals surface area contributed by atoms with Crippen LogP contribution >= 0.6 is 11.6 Å². The summed E-state index contributed by atoms with van der Waals surface area (Å²) in [6, 6.07) is 11.6.